The molecule has 2 aromatic heterocycles. The van der Waals surface area contributed by atoms with Crippen molar-refractivity contribution in [2.45, 2.75) is 100 Å². The van der Waals surface area contributed by atoms with E-state index in [1.165, 1.54) is 16.2 Å². The zero-order valence-corrected chi connectivity index (χ0v) is 32.9. The van der Waals surface area contributed by atoms with E-state index < -0.39 is 53.6 Å². The number of carbonyl (C=O) groups is 5. The first-order valence-corrected chi connectivity index (χ1v) is 21.0. The van der Waals surface area contributed by atoms with Gasteiger partial charge in [0.25, 0.3) is 5.91 Å². The molecule has 2 saturated carbocycles. The molecule has 0 spiro atoms. The quantitative estimate of drug-likeness (QED) is 0.152. The second-order valence-corrected chi connectivity index (χ2v) is 16.4. The van der Waals surface area contributed by atoms with Gasteiger partial charge in [-0.05, 0) is 87.1 Å². The van der Waals surface area contributed by atoms with Crippen LogP contribution < -0.4 is 26.0 Å². The standard InChI is InChI=1S/C43H47N7O7S/c51-37-34-24-30(56-38-36(35-22-13-23-58-35)45-31-19-11-12-20-32(31)46-38)26-50(34)39(52)33(47-42(55)57-29-17-9-10-18-29)21-8-3-1-2-5-14-27-25-43(27,49-37)40(53)48-41(54)44-28-15-6-4-7-16-28/h4-7,11-16,19-20,22-23,27,29-30,33-34H,1-3,8-10,17-18,21,24-26H2,(H,47,55)(H,49,51)(H2,44,48,53,54)/b14-5+/t27?,30-,33-,34+,43-/m1/s1. The van der Waals surface area contributed by atoms with Crippen LogP contribution in [0.5, 0.6) is 5.88 Å². The predicted octanol–water partition coefficient (Wildman–Crippen LogP) is 6.49. The Morgan fingerprint density at radius 2 is 1.62 bits per heavy atom. The van der Waals surface area contributed by atoms with Crippen molar-refractivity contribution in [2.24, 2.45) is 5.92 Å². The molecule has 4 N–H and O–H groups in total. The third-order valence-corrected chi connectivity index (χ3v) is 12.2. The highest BCUT2D eigenvalue weighted by molar-refractivity contribution is 7.13. The Morgan fingerprint density at radius 3 is 2.40 bits per heavy atom. The Morgan fingerprint density at radius 1 is 0.862 bits per heavy atom. The molecule has 6 amide bonds. The van der Waals surface area contributed by atoms with Crippen molar-refractivity contribution in [3.8, 4) is 16.5 Å². The van der Waals surface area contributed by atoms with Crippen LogP contribution in [0, 0.1) is 5.92 Å². The van der Waals surface area contributed by atoms with Crippen molar-refractivity contribution in [3.05, 3.63) is 84.3 Å². The first-order valence-electron chi connectivity index (χ1n) is 20.2. The predicted molar refractivity (Wildman–Crippen MR) is 218 cm³/mol. The minimum atomic E-state index is -1.42. The zero-order chi connectivity index (χ0) is 40.1. The van der Waals surface area contributed by atoms with Gasteiger partial charge >= 0.3 is 12.1 Å². The molecule has 0 bridgehead atoms. The average Bonchev–Trinajstić information content (AvgIpc) is 3.72. The summed E-state index contributed by atoms with van der Waals surface area (Å²) in [7, 11) is 0. The van der Waals surface area contributed by atoms with E-state index in [4.69, 9.17) is 19.4 Å². The van der Waals surface area contributed by atoms with Crippen LogP contribution in [0.3, 0.4) is 0 Å². The number of para-hydroxylation sites is 3. The topological polar surface area (TPSA) is 181 Å². The number of nitrogens with zero attached hydrogens (tertiary/aromatic N) is 3. The van der Waals surface area contributed by atoms with Crippen LogP contribution in [-0.2, 0) is 19.1 Å². The molecule has 2 aromatic carbocycles. The van der Waals surface area contributed by atoms with E-state index in [1.54, 1.807) is 24.3 Å². The van der Waals surface area contributed by atoms with Gasteiger partial charge in [0.1, 0.15) is 35.5 Å². The molecule has 302 valence electrons. The fourth-order valence-corrected chi connectivity index (χ4v) is 8.90. The first-order chi connectivity index (χ1) is 28.3. The SMILES string of the molecule is O=C(NC(=O)[C@@]12CC1/C=C/CCCCC[C@@H](NC(=O)OC1CCCC1)C(=O)N1C[C@H](Oc3nc4ccccc4nc3-c3cccs3)C[C@H]1C(=O)N2)Nc1ccccc1. The van der Waals surface area contributed by atoms with E-state index in [-0.39, 0.29) is 37.3 Å². The largest absolute Gasteiger partial charge is 0.471 e. The van der Waals surface area contributed by atoms with Crippen LogP contribution in [-0.4, -0.2) is 81.1 Å². The highest BCUT2D eigenvalue weighted by Gasteiger charge is 2.61. The minimum Gasteiger partial charge on any atom is -0.471 e. The fraction of sp³-hybridized carbons (Fsp3) is 0.419. The molecular weight excluding hydrogens is 759 g/mol. The summed E-state index contributed by atoms with van der Waals surface area (Å²) >= 11 is 1.49. The number of hydrogen-bond acceptors (Lipinski definition) is 10. The number of fused-ring (bicyclic) bond motifs is 3. The molecule has 1 saturated heterocycles. The molecule has 2 aliphatic carbocycles. The minimum absolute atomic E-state index is 0.00711. The molecule has 4 aliphatic rings. The number of benzene rings is 2. The molecule has 3 fully saturated rings. The van der Waals surface area contributed by atoms with E-state index in [9.17, 15) is 24.0 Å². The third-order valence-electron chi connectivity index (χ3n) is 11.3. The number of carbonyl (C=O) groups excluding carboxylic acids is 5. The van der Waals surface area contributed by atoms with Crippen molar-refractivity contribution in [3.63, 3.8) is 0 Å². The summed E-state index contributed by atoms with van der Waals surface area (Å²) in [4.78, 5) is 81.4. The number of imide groups is 1. The van der Waals surface area contributed by atoms with E-state index in [1.807, 2.05) is 60.0 Å². The summed E-state index contributed by atoms with van der Waals surface area (Å²) in [6, 6.07) is 17.3. The molecule has 0 radical (unpaired) electrons. The number of anilines is 1. The molecule has 58 heavy (non-hydrogen) atoms. The number of amides is 6. The second kappa shape index (κ2) is 17.3. The number of allylic oxidation sites excluding steroid dienone is 1. The normalized spacial score (nSPS) is 25.6. The molecule has 1 unspecified atom stereocenters. The maximum absolute atomic E-state index is 14.7. The number of hydrogen-bond donors (Lipinski definition) is 4. The van der Waals surface area contributed by atoms with Crippen molar-refractivity contribution in [1.82, 2.24) is 30.8 Å². The number of ether oxygens (including phenoxy) is 2. The zero-order valence-electron chi connectivity index (χ0n) is 32.1. The molecule has 15 heteroatoms. The summed E-state index contributed by atoms with van der Waals surface area (Å²) in [5.41, 5.74) is 0.943. The number of thiophene rings is 1. The van der Waals surface area contributed by atoms with Gasteiger partial charge in [0.2, 0.25) is 17.7 Å². The van der Waals surface area contributed by atoms with Gasteiger partial charge in [-0.3, -0.25) is 19.7 Å². The van der Waals surface area contributed by atoms with Crippen LogP contribution in [0.2, 0.25) is 0 Å². The van der Waals surface area contributed by atoms with E-state index in [2.05, 4.69) is 21.3 Å². The van der Waals surface area contributed by atoms with E-state index in [0.717, 1.165) is 49.8 Å². The monoisotopic (exact) mass is 805 g/mol. The van der Waals surface area contributed by atoms with Crippen LogP contribution in [0.1, 0.15) is 70.6 Å². The molecule has 4 heterocycles. The number of urea groups is 1. The van der Waals surface area contributed by atoms with Gasteiger partial charge in [-0.25, -0.2) is 19.6 Å². The van der Waals surface area contributed by atoms with Gasteiger partial charge in [-0.2, -0.15) is 0 Å². The van der Waals surface area contributed by atoms with Crippen molar-refractivity contribution < 1.29 is 33.4 Å². The summed E-state index contributed by atoms with van der Waals surface area (Å²) in [6.45, 7) is 0.00711. The van der Waals surface area contributed by atoms with Crippen molar-refractivity contribution in [2.75, 3.05) is 11.9 Å². The summed E-state index contributed by atoms with van der Waals surface area (Å²) in [6.07, 6.45) is 9.58. The Hall–Kier alpha value is -5.83. The number of alkyl carbamates (subject to hydrolysis) is 1. The van der Waals surface area contributed by atoms with E-state index in [0.29, 0.717) is 35.3 Å². The highest BCUT2D eigenvalue weighted by atomic mass is 32.1. The Bertz CT molecular complexity index is 2180. The molecule has 2 aliphatic heterocycles. The van der Waals surface area contributed by atoms with Gasteiger partial charge in [-0.15, -0.1) is 11.3 Å². The number of nitrogens with one attached hydrogen (secondary N) is 4. The lowest BCUT2D eigenvalue weighted by atomic mass is 10.0. The van der Waals surface area contributed by atoms with Gasteiger partial charge in [0.05, 0.1) is 22.5 Å². The fourth-order valence-electron chi connectivity index (χ4n) is 8.20. The number of aromatic nitrogens is 2. The maximum Gasteiger partial charge on any atom is 0.408 e. The second-order valence-electron chi connectivity index (χ2n) is 15.4. The Balaban J connectivity index is 1.08. The van der Waals surface area contributed by atoms with E-state index >= 15 is 0 Å². The summed E-state index contributed by atoms with van der Waals surface area (Å²) in [5.74, 6) is -1.77. The molecular formula is C43H47N7O7S. The lowest BCUT2D eigenvalue weighted by Gasteiger charge is -2.30. The van der Waals surface area contributed by atoms with Crippen molar-refractivity contribution >= 4 is 57.9 Å². The lowest BCUT2D eigenvalue weighted by Crippen LogP contribution is -2.58. The van der Waals surface area contributed by atoms with Gasteiger partial charge in [0, 0.05) is 18.0 Å². The van der Waals surface area contributed by atoms with Gasteiger partial charge in [0.15, 0.2) is 0 Å². The van der Waals surface area contributed by atoms with Crippen LogP contribution in [0.25, 0.3) is 21.6 Å². The Kier molecular flexibility index (Phi) is 11.7. The van der Waals surface area contributed by atoms with Gasteiger partial charge in [-0.1, -0.05) is 61.4 Å². The maximum atomic E-state index is 14.7. The average molecular weight is 806 g/mol. The Labute approximate surface area is 340 Å². The highest BCUT2D eigenvalue weighted by Crippen LogP contribution is 2.46. The number of rotatable bonds is 7. The van der Waals surface area contributed by atoms with Crippen LogP contribution in [0.15, 0.2) is 84.3 Å². The lowest BCUT2D eigenvalue weighted by molar-refractivity contribution is -0.141. The van der Waals surface area contributed by atoms with Gasteiger partial charge < -0.3 is 30.3 Å². The summed E-state index contributed by atoms with van der Waals surface area (Å²) in [5, 5.41) is 12.8. The molecule has 8 rings (SSSR count). The van der Waals surface area contributed by atoms with Crippen molar-refractivity contribution in [1.29, 1.82) is 0 Å². The molecule has 14 nitrogen and oxygen atoms in total. The first kappa shape index (κ1) is 39.0. The summed E-state index contributed by atoms with van der Waals surface area (Å²) < 4.78 is 12.3. The third kappa shape index (κ3) is 8.84. The molecule has 5 atom stereocenters. The van der Waals surface area contributed by atoms with Crippen LogP contribution in [0.4, 0.5) is 15.3 Å². The van der Waals surface area contributed by atoms with Crippen LogP contribution >= 0.6 is 11.3 Å². The smallest absolute Gasteiger partial charge is 0.408 e. The molecule has 4 aromatic rings.